The van der Waals surface area contributed by atoms with Crippen LogP contribution in [0.1, 0.15) is 15.9 Å². The van der Waals surface area contributed by atoms with Gasteiger partial charge in [-0.05, 0) is 29.8 Å². The molecule has 1 aromatic carbocycles. The van der Waals surface area contributed by atoms with Crippen molar-refractivity contribution < 1.29 is 14.3 Å². The highest BCUT2D eigenvalue weighted by atomic mass is 16.5. The van der Waals surface area contributed by atoms with Gasteiger partial charge >= 0.3 is 5.97 Å². The Morgan fingerprint density at radius 1 is 1.24 bits per heavy atom. The van der Waals surface area contributed by atoms with Gasteiger partial charge in [0, 0.05) is 11.9 Å². The molecule has 0 spiro atoms. The molecule has 2 aromatic rings. The topological polar surface area (TPSA) is 94.3 Å². The molecule has 0 fully saturated rings. The van der Waals surface area contributed by atoms with Gasteiger partial charge < -0.3 is 15.8 Å². The first-order valence-corrected chi connectivity index (χ1v) is 6.27. The van der Waals surface area contributed by atoms with Crippen molar-refractivity contribution in [2.24, 2.45) is 0 Å². The Morgan fingerprint density at radius 3 is 2.57 bits per heavy atom. The van der Waals surface area contributed by atoms with Crippen LogP contribution in [0.4, 0.5) is 11.5 Å². The molecule has 108 valence electrons. The van der Waals surface area contributed by atoms with Crippen LogP contribution in [-0.2, 0) is 16.0 Å². The lowest BCUT2D eigenvalue weighted by molar-refractivity contribution is -0.139. The number of hydrogen-bond donors (Lipinski definition) is 2. The molecule has 21 heavy (non-hydrogen) atoms. The largest absolute Gasteiger partial charge is 0.469 e. The maximum absolute atomic E-state index is 12.0. The van der Waals surface area contributed by atoms with Gasteiger partial charge in [0.25, 0.3) is 5.91 Å². The smallest absolute Gasteiger partial charge is 0.309 e. The number of benzene rings is 1. The number of nitrogens with one attached hydrogen (secondary N) is 1. The Kier molecular flexibility index (Phi) is 4.50. The van der Waals surface area contributed by atoms with E-state index in [2.05, 4.69) is 15.0 Å². The van der Waals surface area contributed by atoms with Crippen LogP contribution < -0.4 is 11.1 Å². The van der Waals surface area contributed by atoms with E-state index < -0.39 is 0 Å². The van der Waals surface area contributed by atoms with Crippen LogP contribution in [0.5, 0.6) is 0 Å². The van der Waals surface area contributed by atoms with E-state index in [0.717, 1.165) is 5.56 Å². The summed E-state index contributed by atoms with van der Waals surface area (Å²) >= 11 is 0. The summed E-state index contributed by atoms with van der Waals surface area (Å²) in [5.74, 6) is -0.464. The van der Waals surface area contributed by atoms with Gasteiger partial charge in [0.05, 0.1) is 19.1 Å². The Balaban J connectivity index is 2.05. The predicted octanol–water partition coefficient (Wildman–Crippen LogP) is 1.63. The van der Waals surface area contributed by atoms with E-state index in [1.165, 1.54) is 13.3 Å². The third-order valence-electron chi connectivity index (χ3n) is 2.87. The van der Waals surface area contributed by atoms with E-state index in [-0.39, 0.29) is 24.1 Å². The number of carbonyl (C=O) groups is 2. The minimum Gasteiger partial charge on any atom is -0.469 e. The number of nitrogen functional groups attached to an aromatic ring is 1. The van der Waals surface area contributed by atoms with Crippen molar-refractivity contribution in [2.75, 3.05) is 18.2 Å². The zero-order chi connectivity index (χ0) is 15.2. The fraction of sp³-hybridized carbons (Fsp3) is 0.133. The van der Waals surface area contributed by atoms with Gasteiger partial charge in [-0.1, -0.05) is 12.1 Å². The minimum atomic E-state index is -0.332. The Bertz CT molecular complexity index is 653. The third-order valence-corrected chi connectivity index (χ3v) is 2.87. The number of amides is 1. The molecule has 0 unspecified atom stereocenters. The molecule has 0 aliphatic rings. The third kappa shape index (κ3) is 3.79. The van der Waals surface area contributed by atoms with Gasteiger partial charge in [-0.3, -0.25) is 9.59 Å². The minimum absolute atomic E-state index is 0.178. The highest BCUT2D eigenvalue weighted by molar-refractivity contribution is 6.07. The Morgan fingerprint density at radius 2 is 1.95 bits per heavy atom. The fourth-order valence-corrected chi connectivity index (χ4v) is 1.75. The van der Waals surface area contributed by atoms with Gasteiger partial charge in [0.15, 0.2) is 0 Å². The zero-order valence-corrected chi connectivity index (χ0v) is 11.5. The van der Waals surface area contributed by atoms with E-state index in [9.17, 15) is 9.59 Å². The highest BCUT2D eigenvalue weighted by Gasteiger charge is 2.10. The zero-order valence-electron chi connectivity index (χ0n) is 11.5. The lowest BCUT2D eigenvalue weighted by Crippen LogP contribution is -2.14. The second-order valence-electron chi connectivity index (χ2n) is 4.34. The first kappa shape index (κ1) is 14.5. The normalized spacial score (nSPS) is 9.95. The lowest BCUT2D eigenvalue weighted by Gasteiger charge is -2.07. The lowest BCUT2D eigenvalue weighted by atomic mass is 10.1. The molecular formula is C15H15N3O3. The summed E-state index contributed by atoms with van der Waals surface area (Å²) in [6.07, 6.45) is 1.72. The molecule has 3 N–H and O–H groups in total. The molecule has 6 nitrogen and oxygen atoms in total. The predicted molar refractivity (Wildman–Crippen MR) is 78.8 cm³/mol. The molecule has 0 aliphatic heterocycles. The van der Waals surface area contributed by atoms with E-state index in [0.29, 0.717) is 11.3 Å². The van der Waals surface area contributed by atoms with Crippen molar-refractivity contribution in [3.8, 4) is 0 Å². The molecule has 0 radical (unpaired) electrons. The van der Waals surface area contributed by atoms with Gasteiger partial charge in [0.2, 0.25) is 0 Å². The summed E-state index contributed by atoms with van der Waals surface area (Å²) in [5.41, 5.74) is 7.38. The van der Waals surface area contributed by atoms with E-state index in [4.69, 9.17) is 5.73 Å². The number of esters is 1. The molecule has 0 atom stereocenters. The first-order chi connectivity index (χ1) is 10.1. The molecule has 2 rings (SSSR count). The summed E-state index contributed by atoms with van der Waals surface area (Å²) in [4.78, 5) is 27.1. The average molecular weight is 285 g/mol. The van der Waals surface area contributed by atoms with Crippen molar-refractivity contribution in [3.63, 3.8) is 0 Å². The molecular weight excluding hydrogens is 270 g/mol. The van der Waals surface area contributed by atoms with Crippen LogP contribution in [0.15, 0.2) is 42.6 Å². The van der Waals surface area contributed by atoms with Crippen molar-refractivity contribution in [1.29, 1.82) is 0 Å². The van der Waals surface area contributed by atoms with Gasteiger partial charge in [-0.25, -0.2) is 4.98 Å². The molecule has 1 heterocycles. The van der Waals surface area contributed by atoms with E-state index >= 15 is 0 Å². The first-order valence-electron chi connectivity index (χ1n) is 6.27. The summed E-state index contributed by atoms with van der Waals surface area (Å²) in [7, 11) is 1.34. The SMILES string of the molecule is COC(=O)Cc1ccc(NC(=O)c2cccnc2N)cc1. The quantitative estimate of drug-likeness (QED) is 0.833. The summed E-state index contributed by atoms with van der Waals surface area (Å²) in [5, 5.41) is 2.72. The molecule has 0 saturated heterocycles. The van der Waals surface area contributed by atoms with Gasteiger partial charge in [-0.15, -0.1) is 0 Å². The second-order valence-corrected chi connectivity index (χ2v) is 4.34. The second kappa shape index (κ2) is 6.51. The van der Waals surface area contributed by atoms with Crippen molar-refractivity contribution >= 4 is 23.4 Å². The van der Waals surface area contributed by atoms with Gasteiger partial charge in [0.1, 0.15) is 5.82 Å². The maximum Gasteiger partial charge on any atom is 0.309 e. The van der Waals surface area contributed by atoms with Crippen LogP contribution in [0.25, 0.3) is 0 Å². The Hall–Kier alpha value is -2.89. The van der Waals surface area contributed by atoms with E-state index in [1.54, 1.807) is 36.4 Å². The fourth-order valence-electron chi connectivity index (χ4n) is 1.75. The number of pyridine rings is 1. The summed E-state index contributed by atoms with van der Waals surface area (Å²) in [6, 6.07) is 10.2. The van der Waals surface area contributed by atoms with Crippen molar-refractivity contribution in [2.45, 2.75) is 6.42 Å². The van der Waals surface area contributed by atoms with Crippen molar-refractivity contribution in [3.05, 3.63) is 53.7 Å². The van der Waals surface area contributed by atoms with Crippen LogP contribution in [0.2, 0.25) is 0 Å². The molecule has 1 amide bonds. The number of anilines is 2. The average Bonchev–Trinajstić information content (AvgIpc) is 2.49. The van der Waals surface area contributed by atoms with Crippen LogP contribution in [0, 0.1) is 0 Å². The molecule has 1 aromatic heterocycles. The van der Waals surface area contributed by atoms with Crippen LogP contribution in [-0.4, -0.2) is 24.0 Å². The number of nitrogens with zero attached hydrogens (tertiary/aromatic N) is 1. The number of ether oxygens (including phenoxy) is 1. The standard InChI is InChI=1S/C15H15N3O3/c1-21-13(19)9-10-4-6-11(7-5-10)18-15(20)12-3-2-8-17-14(12)16/h2-8H,9H2,1H3,(H2,16,17)(H,18,20). The number of rotatable bonds is 4. The maximum atomic E-state index is 12.0. The summed E-state index contributed by atoms with van der Waals surface area (Å²) < 4.78 is 4.59. The monoisotopic (exact) mass is 285 g/mol. The van der Waals surface area contributed by atoms with E-state index in [1.807, 2.05) is 0 Å². The number of nitrogens with two attached hydrogens (primary N) is 1. The highest BCUT2D eigenvalue weighted by Crippen LogP contribution is 2.14. The summed E-state index contributed by atoms with van der Waals surface area (Å²) in [6.45, 7) is 0. The van der Waals surface area contributed by atoms with Crippen LogP contribution >= 0.6 is 0 Å². The molecule has 0 saturated carbocycles. The van der Waals surface area contributed by atoms with Crippen molar-refractivity contribution in [1.82, 2.24) is 4.98 Å². The molecule has 0 bridgehead atoms. The van der Waals surface area contributed by atoms with Crippen LogP contribution in [0.3, 0.4) is 0 Å². The number of carbonyl (C=O) groups excluding carboxylic acids is 2. The molecule has 6 heteroatoms. The number of hydrogen-bond acceptors (Lipinski definition) is 5. The number of methoxy groups -OCH3 is 1. The molecule has 0 aliphatic carbocycles. The Labute approximate surface area is 121 Å². The van der Waals surface area contributed by atoms with Gasteiger partial charge in [-0.2, -0.15) is 0 Å². The number of aromatic nitrogens is 1.